The van der Waals surface area contributed by atoms with Crippen molar-refractivity contribution >= 4 is 23.3 Å². The first-order chi connectivity index (χ1) is 14.3. The first kappa shape index (κ1) is 21.7. The number of carbonyl (C=O) groups is 2. The van der Waals surface area contributed by atoms with Crippen LogP contribution in [0, 0.1) is 0 Å². The minimum Gasteiger partial charge on any atom is -0.452 e. The van der Waals surface area contributed by atoms with Crippen molar-refractivity contribution in [1.82, 2.24) is 4.90 Å². The van der Waals surface area contributed by atoms with E-state index < -0.39 is 17.7 Å². The molecule has 1 aliphatic rings. The monoisotopic (exact) mass is 420 g/mol. The number of hydrogen-bond donors (Lipinski definition) is 1. The van der Waals surface area contributed by atoms with Crippen molar-refractivity contribution in [2.75, 3.05) is 25.0 Å². The third-order valence-electron chi connectivity index (χ3n) is 4.90. The van der Waals surface area contributed by atoms with E-state index in [1.807, 2.05) is 0 Å². The Morgan fingerprint density at radius 3 is 2.37 bits per heavy atom. The van der Waals surface area contributed by atoms with Gasteiger partial charge in [-0.15, -0.1) is 0 Å². The number of halogens is 3. The summed E-state index contributed by atoms with van der Waals surface area (Å²) in [6, 6.07) is 11.0. The Morgan fingerprint density at radius 2 is 1.67 bits per heavy atom. The Morgan fingerprint density at radius 1 is 0.967 bits per heavy atom. The highest BCUT2D eigenvalue weighted by atomic mass is 19.4. The molecule has 30 heavy (non-hydrogen) atoms. The van der Waals surface area contributed by atoms with Crippen molar-refractivity contribution in [3.05, 3.63) is 59.7 Å². The molecule has 0 aromatic heterocycles. The first-order valence-electron chi connectivity index (χ1n) is 9.83. The lowest BCUT2D eigenvalue weighted by molar-refractivity contribution is -0.137. The number of anilines is 2. The standard InChI is InChI=1S/C22H23F3N2O3/c23-22(24,25)16-8-7-9-17(14-16)26-19-11-4-3-10-18(19)21(29)30-15-20(28)27-12-5-1-2-6-13-27/h3-4,7-11,14,26H,1-2,5-6,12-13,15H2. The maximum atomic E-state index is 12.9. The Labute approximate surface area is 172 Å². The van der Waals surface area contributed by atoms with Crippen LogP contribution in [-0.4, -0.2) is 36.5 Å². The number of esters is 1. The summed E-state index contributed by atoms with van der Waals surface area (Å²) >= 11 is 0. The van der Waals surface area contributed by atoms with E-state index >= 15 is 0 Å². The summed E-state index contributed by atoms with van der Waals surface area (Å²) in [7, 11) is 0. The van der Waals surface area contributed by atoms with Crippen LogP contribution >= 0.6 is 0 Å². The van der Waals surface area contributed by atoms with E-state index in [0.29, 0.717) is 18.8 Å². The van der Waals surface area contributed by atoms with Crippen LogP contribution in [0.5, 0.6) is 0 Å². The van der Waals surface area contributed by atoms with Gasteiger partial charge in [0.15, 0.2) is 6.61 Å². The highest BCUT2D eigenvalue weighted by Gasteiger charge is 2.30. The van der Waals surface area contributed by atoms with Crippen LogP contribution < -0.4 is 5.32 Å². The number of likely N-dealkylation sites (tertiary alicyclic amines) is 1. The van der Waals surface area contributed by atoms with Crippen LogP contribution in [-0.2, 0) is 15.7 Å². The Balaban J connectivity index is 1.67. The lowest BCUT2D eigenvalue weighted by Gasteiger charge is -2.20. The lowest BCUT2D eigenvalue weighted by atomic mass is 10.1. The molecule has 0 atom stereocenters. The number of ether oxygens (including phenoxy) is 1. The Kier molecular flexibility index (Phi) is 6.97. The van der Waals surface area contributed by atoms with Gasteiger partial charge < -0.3 is 15.0 Å². The molecule has 0 saturated carbocycles. The molecule has 1 saturated heterocycles. The molecule has 1 N–H and O–H groups in total. The summed E-state index contributed by atoms with van der Waals surface area (Å²) in [4.78, 5) is 26.5. The molecule has 0 bridgehead atoms. The van der Waals surface area contributed by atoms with Gasteiger partial charge in [-0.1, -0.05) is 31.0 Å². The van der Waals surface area contributed by atoms with Crippen molar-refractivity contribution in [1.29, 1.82) is 0 Å². The van der Waals surface area contributed by atoms with E-state index in [1.54, 1.807) is 23.1 Å². The fourth-order valence-corrected chi connectivity index (χ4v) is 3.32. The van der Waals surface area contributed by atoms with Gasteiger partial charge in [0.2, 0.25) is 0 Å². The van der Waals surface area contributed by atoms with Gasteiger partial charge >= 0.3 is 12.1 Å². The van der Waals surface area contributed by atoms with Gasteiger partial charge in [-0.3, -0.25) is 4.79 Å². The van der Waals surface area contributed by atoms with Crippen molar-refractivity contribution in [3.63, 3.8) is 0 Å². The number of para-hydroxylation sites is 1. The third kappa shape index (κ3) is 5.75. The van der Waals surface area contributed by atoms with Crippen molar-refractivity contribution in [2.24, 2.45) is 0 Å². The second kappa shape index (κ2) is 9.65. The van der Waals surface area contributed by atoms with E-state index in [-0.39, 0.29) is 23.8 Å². The fraction of sp³-hybridized carbons (Fsp3) is 0.364. The minimum atomic E-state index is -4.47. The number of nitrogens with zero attached hydrogens (tertiary/aromatic N) is 1. The molecule has 3 rings (SSSR count). The Bertz CT molecular complexity index is 891. The van der Waals surface area contributed by atoms with Gasteiger partial charge in [-0.25, -0.2) is 4.79 Å². The molecule has 0 spiro atoms. The van der Waals surface area contributed by atoms with E-state index in [2.05, 4.69) is 5.32 Å². The summed E-state index contributed by atoms with van der Waals surface area (Å²) in [5.74, 6) is -0.957. The molecular formula is C22H23F3N2O3. The summed E-state index contributed by atoms with van der Waals surface area (Å²) in [6.07, 6.45) is -0.438. The molecule has 5 nitrogen and oxygen atoms in total. The van der Waals surface area contributed by atoms with Crippen molar-refractivity contribution in [2.45, 2.75) is 31.9 Å². The molecule has 8 heteroatoms. The topological polar surface area (TPSA) is 58.6 Å². The lowest BCUT2D eigenvalue weighted by Crippen LogP contribution is -2.35. The normalized spacial score (nSPS) is 14.7. The summed E-state index contributed by atoms with van der Waals surface area (Å²) in [6.45, 7) is 0.949. The van der Waals surface area contributed by atoms with Crippen LogP contribution in [0.3, 0.4) is 0 Å². The van der Waals surface area contributed by atoms with E-state index in [1.165, 1.54) is 18.2 Å². The van der Waals surface area contributed by atoms with Crippen LogP contribution in [0.1, 0.15) is 41.6 Å². The second-order valence-corrected chi connectivity index (χ2v) is 7.12. The average molecular weight is 420 g/mol. The van der Waals surface area contributed by atoms with E-state index in [0.717, 1.165) is 37.8 Å². The number of nitrogens with one attached hydrogen (secondary N) is 1. The molecule has 160 valence electrons. The maximum Gasteiger partial charge on any atom is 0.416 e. The molecule has 1 fully saturated rings. The molecule has 1 amide bonds. The Hall–Kier alpha value is -3.03. The number of rotatable bonds is 5. The number of alkyl halides is 3. The van der Waals surface area contributed by atoms with Crippen molar-refractivity contribution < 1.29 is 27.5 Å². The molecule has 0 aliphatic carbocycles. The predicted molar refractivity (Wildman–Crippen MR) is 106 cm³/mol. The highest BCUT2D eigenvalue weighted by molar-refractivity contribution is 5.97. The van der Waals surface area contributed by atoms with Gasteiger partial charge in [0.1, 0.15) is 0 Å². The maximum absolute atomic E-state index is 12.9. The smallest absolute Gasteiger partial charge is 0.416 e. The van der Waals surface area contributed by atoms with Gasteiger partial charge in [0.05, 0.1) is 16.8 Å². The summed E-state index contributed by atoms with van der Waals surface area (Å²) < 4.78 is 44.0. The van der Waals surface area contributed by atoms with Crippen LogP contribution in [0.2, 0.25) is 0 Å². The minimum absolute atomic E-state index is 0.138. The molecule has 1 heterocycles. The first-order valence-corrected chi connectivity index (χ1v) is 9.83. The number of hydrogen-bond acceptors (Lipinski definition) is 4. The zero-order valence-electron chi connectivity index (χ0n) is 16.4. The fourth-order valence-electron chi connectivity index (χ4n) is 3.32. The predicted octanol–water partition coefficient (Wildman–Crippen LogP) is 5.01. The quantitative estimate of drug-likeness (QED) is 0.691. The van der Waals surface area contributed by atoms with Gasteiger partial charge in [0.25, 0.3) is 5.91 Å². The molecule has 2 aromatic rings. The van der Waals surface area contributed by atoms with E-state index in [4.69, 9.17) is 4.74 Å². The molecule has 0 unspecified atom stereocenters. The molecule has 2 aromatic carbocycles. The second-order valence-electron chi connectivity index (χ2n) is 7.12. The summed E-state index contributed by atoms with van der Waals surface area (Å²) in [5.41, 5.74) is -0.177. The number of carbonyl (C=O) groups excluding carboxylic acids is 2. The molecule has 1 aliphatic heterocycles. The van der Waals surface area contributed by atoms with Crippen LogP contribution in [0.4, 0.5) is 24.5 Å². The van der Waals surface area contributed by atoms with Gasteiger partial charge in [-0.2, -0.15) is 13.2 Å². The SMILES string of the molecule is O=C(OCC(=O)N1CCCCCC1)c1ccccc1Nc1cccc(C(F)(F)F)c1. The zero-order chi connectivity index (χ0) is 21.6. The highest BCUT2D eigenvalue weighted by Crippen LogP contribution is 2.32. The van der Waals surface area contributed by atoms with Gasteiger partial charge in [0, 0.05) is 18.8 Å². The van der Waals surface area contributed by atoms with Crippen molar-refractivity contribution in [3.8, 4) is 0 Å². The van der Waals surface area contributed by atoms with Gasteiger partial charge in [-0.05, 0) is 43.2 Å². The largest absolute Gasteiger partial charge is 0.452 e. The van der Waals surface area contributed by atoms with Crippen LogP contribution in [0.25, 0.3) is 0 Å². The zero-order valence-corrected chi connectivity index (χ0v) is 16.4. The number of amides is 1. The number of benzene rings is 2. The van der Waals surface area contributed by atoms with Crippen LogP contribution in [0.15, 0.2) is 48.5 Å². The average Bonchev–Trinajstić information content (AvgIpc) is 3.01. The molecular weight excluding hydrogens is 397 g/mol. The third-order valence-corrected chi connectivity index (χ3v) is 4.90. The van der Waals surface area contributed by atoms with E-state index in [9.17, 15) is 22.8 Å². The molecule has 0 radical (unpaired) electrons. The summed E-state index contributed by atoms with van der Waals surface area (Å²) in [5, 5.41) is 2.83.